The Labute approximate surface area is 236 Å². The van der Waals surface area contributed by atoms with Gasteiger partial charge >= 0.3 is 0 Å². The summed E-state index contributed by atoms with van der Waals surface area (Å²) in [6.07, 6.45) is 1.97. The zero-order chi connectivity index (χ0) is 26.1. The maximum Gasteiger partial charge on any atom is 0.227 e. The Balaban J connectivity index is 1.15. The number of anilines is 1. The van der Waals surface area contributed by atoms with Gasteiger partial charge in [0.05, 0.1) is 34.2 Å². The number of piperazine rings is 1. The molecule has 196 valence electrons. The van der Waals surface area contributed by atoms with Gasteiger partial charge in [-0.3, -0.25) is 14.3 Å². The summed E-state index contributed by atoms with van der Waals surface area (Å²) in [4.78, 5) is 25.3. The van der Waals surface area contributed by atoms with E-state index in [1.165, 1.54) is 0 Å². The van der Waals surface area contributed by atoms with Crippen molar-refractivity contribution in [2.45, 2.75) is 19.4 Å². The minimum absolute atomic E-state index is 0.0271. The quantitative estimate of drug-likeness (QED) is 0.285. The second-order valence-electron chi connectivity index (χ2n) is 10.2. The monoisotopic (exact) mass is 591 g/mol. The zero-order valence-electron chi connectivity index (χ0n) is 21.3. The Kier molecular flexibility index (Phi) is 7.41. The van der Waals surface area contributed by atoms with Gasteiger partial charge in [-0.05, 0) is 61.9 Å². The lowest BCUT2D eigenvalue weighted by molar-refractivity contribution is -0.137. The molecule has 0 bridgehead atoms. The summed E-state index contributed by atoms with van der Waals surface area (Å²) in [6, 6.07) is 24.6. The number of hydrogen-bond acceptors (Lipinski definition) is 4. The predicted molar refractivity (Wildman–Crippen MR) is 157 cm³/mol. The topological polar surface area (TPSA) is 44.6 Å². The molecule has 2 saturated heterocycles. The molecule has 1 amide bonds. The van der Waals surface area contributed by atoms with Crippen molar-refractivity contribution < 1.29 is 4.79 Å². The van der Waals surface area contributed by atoms with Crippen molar-refractivity contribution in [1.29, 1.82) is 0 Å². The molecular weight excluding hydrogens is 562 g/mol. The first kappa shape index (κ1) is 25.4. The molecule has 38 heavy (non-hydrogen) atoms. The molecule has 2 fully saturated rings. The number of carbonyl (C=O) groups is 1. The molecule has 6 rings (SSSR count). The number of nitrogens with zero attached hydrogens (tertiary/aromatic N) is 5. The van der Waals surface area contributed by atoms with Gasteiger partial charge in [-0.15, -0.1) is 0 Å². The van der Waals surface area contributed by atoms with Crippen molar-refractivity contribution in [1.82, 2.24) is 19.4 Å². The van der Waals surface area contributed by atoms with Gasteiger partial charge in [0.2, 0.25) is 5.91 Å². The van der Waals surface area contributed by atoms with Crippen LogP contribution < -0.4 is 4.90 Å². The fourth-order valence-corrected chi connectivity index (χ4v) is 6.46. The maximum absolute atomic E-state index is 13.6. The summed E-state index contributed by atoms with van der Waals surface area (Å²) in [6.45, 7) is 5.55. The summed E-state index contributed by atoms with van der Waals surface area (Å²) >= 11 is 10.0. The smallest absolute Gasteiger partial charge is 0.227 e. The number of aromatic nitrogens is 2. The molecule has 8 heteroatoms. The number of para-hydroxylation sites is 3. The number of piperidine rings is 1. The summed E-state index contributed by atoms with van der Waals surface area (Å²) in [7, 11) is 0. The summed E-state index contributed by atoms with van der Waals surface area (Å²) in [5, 5.41) is 0.768. The third-order valence-electron chi connectivity index (χ3n) is 7.70. The molecule has 4 aromatic rings. The number of benzene rings is 3. The Morgan fingerprint density at radius 2 is 1.74 bits per heavy atom. The Bertz CT molecular complexity index is 1450. The highest BCUT2D eigenvalue weighted by Crippen LogP contribution is 2.29. The number of rotatable bonds is 5. The normalized spacial score (nSPS) is 18.7. The van der Waals surface area contributed by atoms with Gasteiger partial charge in [0.25, 0.3) is 0 Å². The fourth-order valence-electron chi connectivity index (χ4n) is 5.82. The van der Waals surface area contributed by atoms with E-state index in [4.69, 9.17) is 16.6 Å². The maximum atomic E-state index is 13.6. The average molecular weight is 593 g/mol. The van der Waals surface area contributed by atoms with E-state index in [0.29, 0.717) is 6.54 Å². The standard InChI is InChI=1S/C30H31BrClN5O/c31-23-8-5-9-24(19-23)37-28-13-4-2-11-26(28)33-29(37)21-34-14-6-7-22(20-34)30(38)36-17-15-35(16-18-36)27-12-3-1-10-25(27)32/h1-5,8-13,19,22H,6-7,14-18,20-21H2/t22-/m0/s1. The number of hydrogen-bond donors (Lipinski definition) is 0. The van der Waals surface area contributed by atoms with Crippen molar-refractivity contribution in [2.75, 3.05) is 44.2 Å². The van der Waals surface area contributed by atoms with Gasteiger partial charge in [-0.25, -0.2) is 4.98 Å². The summed E-state index contributed by atoms with van der Waals surface area (Å²) in [5.74, 6) is 1.32. The number of halogens is 2. The number of amides is 1. The lowest BCUT2D eigenvalue weighted by atomic mass is 9.96. The van der Waals surface area contributed by atoms with Crippen LogP contribution in [0.3, 0.4) is 0 Å². The third-order valence-corrected chi connectivity index (χ3v) is 8.51. The van der Waals surface area contributed by atoms with E-state index < -0.39 is 0 Å². The van der Waals surface area contributed by atoms with E-state index >= 15 is 0 Å². The SMILES string of the molecule is O=C([C@H]1CCCN(Cc2nc3ccccc3n2-c2cccc(Br)c2)C1)N1CCN(c2ccccc2Cl)CC1. The molecule has 2 aliphatic rings. The first-order chi connectivity index (χ1) is 18.6. The van der Waals surface area contributed by atoms with Crippen LogP contribution in [0.15, 0.2) is 77.3 Å². The minimum atomic E-state index is 0.0271. The minimum Gasteiger partial charge on any atom is -0.367 e. The number of fused-ring (bicyclic) bond motifs is 1. The predicted octanol–water partition coefficient (Wildman–Crippen LogP) is 6.00. The van der Waals surface area contributed by atoms with Crippen LogP contribution in [-0.4, -0.2) is 64.5 Å². The van der Waals surface area contributed by atoms with E-state index in [1.807, 2.05) is 30.3 Å². The van der Waals surface area contributed by atoms with E-state index in [0.717, 1.165) is 89.8 Å². The molecule has 0 aliphatic carbocycles. The molecule has 3 heterocycles. The molecule has 2 aliphatic heterocycles. The van der Waals surface area contributed by atoms with Gasteiger partial charge in [-0.2, -0.15) is 0 Å². The second-order valence-corrected chi connectivity index (χ2v) is 11.5. The molecule has 0 saturated carbocycles. The van der Waals surface area contributed by atoms with Crippen LogP contribution in [0.2, 0.25) is 5.02 Å². The van der Waals surface area contributed by atoms with Gasteiger partial charge in [-0.1, -0.05) is 57.9 Å². The van der Waals surface area contributed by atoms with E-state index in [1.54, 1.807) is 0 Å². The van der Waals surface area contributed by atoms with Crippen LogP contribution in [0.1, 0.15) is 18.7 Å². The van der Waals surface area contributed by atoms with Crippen LogP contribution in [0.4, 0.5) is 5.69 Å². The average Bonchev–Trinajstić information content (AvgIpc) is 3.31. The molecule has 1 aromatic heterocycles. The van der Waals surface area contributed by atoms with Gasteiger partial charge in [0.1, 0.15) is 5.82 Å². The van der Waals surface area contributed by atoms with E-state index in [2.05, 4.69) is 77.7 Å². The Hall–Kier alpha value is -2.87. The van der Waals surface area contributed by atoms with Crippen molar-refractivity contribution >= 4 is 50.2 Å². The first-order valence-electron chi connectivity index (χ1n) is 13.3. The number of likely N-dealkylation sites (tertiary alicyclic amines) is 1. The third kappa shape index (κ3) is 5.20. The van der Waals surface area contributed by atoms with Crippen molar-refractivity contribution in [3.63, 3.8) is 0 Å². The summed E-state index contributed by atoms with van der Waals surface area (Å²) < 4.78 is 3.29. The van der Waals surface area contributed by atoms with Gasteiger partial charge in [0, 0.05) is 42.9 Å². The van der Waals surface area contributed by atoms with Crippen LogP contribution in [0.5, 0.6) is 0 Å². The van der Waals surface area contributed by atoms with Crippen LogP contribution >= 0.6 is 27.5 Å². The van der Waals surface area contributed by atoms with Crippen LogP contribution in [-0.2, 0) is 11.3 Å². The van der Waals surface area contributed by atoms with Crippen molar-refractivity contribution in [2.24, 2.45) is 5.92 Å². The highest BCUT2D eigenvalue weighted by molar-refractivity contribution is 9.10. The molecule has 0 N–H and O–H groups in total. The molecular formula is C30H31BrClN5O. The second kappa shape index (κ2) is 11.1. The molecule has 0 spiro atoms. The molecule has 3 aromatic carbocycles. The van der Waals surface area contributed by atoms with Gasteiger partial charge < -0.3 is 9.80 Å². The Morgan fingerprint density at radius 1 is 0.947 bits per heavy atom. The zero-order valence-corrected chi connectivity index (χ0v) is 23.6. The van der Waals surface area contributed by atoms with Crippen LogP contribution in [0.25, 0.3) is 16.7 Å². The molecule has 6 nitrogen and oxygen atoms in total. The largest absolute Gasteiger partial charge is 0.367 e. The lowest BCUT2D eigenvalue weighted by Crippen LogP contribution is -2.52. The molecule has 0 radical (unpaired) electrons. The fraction of sp³-hybridized carbons (Fsp3) is 0.333. The van der Waals surface area contributed by atoms with E-state index in [9.17, 15) is 4.79 Å². The summed E-state index contributed by atoms with van der Waals surface area (Å²) in [5.41, 5.74) is 4.23. The number of carbonyl (C=O) groups excluding carboxylic acids is 1. The van der Waals surface area contributed by atoms with Crippen LogP contribution in [0, 0.1) is 5.92 Å². The number of imidazole rings is 1. The van der Waals surface area contributed by atoms with Crippen molar-refractivity contribution in [3.05, 3.63) is 88.1 Å². The molecule has 0 unspecified atom stereocenters. The Morgan fingerprint density at radius 3 is 2.55 bits per heavy atom. The highest BCUT2D eigenvalue weighted by Gasteiger charge is 2.32. The lowest BCUT2D eigenvalue weighted by Gasteiger charge is -2.40. The highest BCUT2D eigenvalue weighted by atomic mass is 79.9. The molecule has 1 atom stereocenters. The van der Waals surface area contributed by atoms with Gasteiger partial charge in [0.15, 0.2) is 0 Å². The first-order valence-corrected chi connectivity index (χ1v) is 14.5. The van der Waals surface area contributed by atoms with Crippen molar-refractivity contribution in [3.8, 4) is 5.69 Å². The van der Waals surface area contributed by atoms with E-state index in [-0.39, 0.29) is 11.8 Å².